The van der Waals surface area contributed by atoms with E-state index in [2.05, 4.69) is 47.3 Å². The van der Waals surface area contributed by atoms with Crippen LogP contribution in [0.1, 0.15) is 77.3 Å². The molecule has 1 aromatic carbocycles. The van der Waals surface area contributed by atoms with Crippen molar-refractivity contribution in [2.24, 2.45) is 17.3 Å². The van der Waals surface area contributed by atoms with Crippen LogP contribution in [0, 0.1) is 17.3 Å². The molecule has 5 rings (SSSR count). The predicted molar refractivity (Wildman–Crippen MR) is 123 cm³/mol. The van der Waals surface area contributed by atoms with Gasteiger partial charge in [0.25, 0.3) is 0 Å². The van der Waals surface area contributed by atoms with Crippen LogP contribution >= 0.6 is 0 Å². The summed E-state index contributed by atoms with van der Waals surface area (Å²) in [7, 11) is 0. The molecular weight excluding hydrogens is 404 g/mol. The molecule has 4 atom stereocenters. The van der Waals surface area contributed by atoms with E-state index >= 15 is 0 Å². The summed E-state index contributed by atoms with van der Waals surface area (Å²) in [5, 5.41) is 8.87. The maximum Gasteiger partial charge on any atom is 0.336 e. The Kier molecular flexibility index (Phi) is 5.51. The van der Waals surface area contributed by atoms with Gasteiger partial charge in [-0.05, 0) is 58.8 Å². The summed E-state index contributed by atoms with van der Waals surface area (Å²) in [6.45, 7) is 15.5. The van der Waals surface area contributed by atoms with Crippen molar-refractivity contribution in [3.63, 3.8) is 0 Å². The number of fused-ring (bicyclic) bond motifs is 1. The second-order valence-electron chi connectivity index (χ2n) is 10.8. The van der Waals surface area contributed by atoms with Crippen molar-refractivity contribution in [1.82, 2.24) is 0 Å². The molecule has 5 nitrogen and oxygen atoms in total. The number of carboxylic acids is 1. The summed E-state index contributed by atoms with van der Waals surface area (Å²) in [5.74, 6) is 0.359. The third-order valence-electron chi connectivity index (χ3n) is 8.12. The van der Waals surface area contributed by atoms with Gasteiger partial charge < -0.3 is 14.6 Å². The maximum absolute atomic E-state index is 12.5. The number of hydrogen-bond donors (Lipinski definition) is 1. The highest BCUT2D eigenvalue weighted by molar-refractivity contribution is 5.92. The Morgan fingerprint density at radius 2 is 2.03 bits per heavy atom. The average Bonchev–Trinajstić information content (AvgIpc) is 3.11. The quantitative estimate of drug-likeness (QED) is 0.253. The Morgan fingerprint density at radius 1 is 1.31 bits per heavy atom. The minimum absolute atomic E-state index is 0.0940. The minimum atomic E-state index is -1.18. The van der Waals surface area contributed by atoms with Gasteiger partial charge in [-0.25, -0.2) is 9.59 Å². The molecule has 2 bridgehead atoms. The van der Waals surface area contributed by atoms with E-state index in [0.29, 0.717) is 17.6 Å². The van der Waals surface area contributed by atoms with E-state index in [4.69, 9.17) is 14.6 Å². The lowest BCUT2D eigenvalue weighted by Crippen LogP contribution is -2.57. The van der Waals surface area contributed by atoms with E-state index in [1.807, 2.05) is 6.07 Å². The number of benzene rings is 1. The number of rotatable bonds is 7. The fraction of sp³-hybridized carbons (Fsp3) is 0.556. The van der Waals surface area contributed by atoms with E-state index in [0.717, 1.165) is 60.3 Å². The molecule has 1 heterocycles. The van der Waals surface area contributed by atoms with Gasteiger partial charge in [0, 0.05) is 23.6 Å². The van der Waals surface area contributed by atoms with Crippen molar-refractivity contribution in [2.75, 3.05) is 0 Å². The SMILES string of the molecule is C=C1[C@H]2C[C@@H]([C@H]3c4c(OC(=O)/C=C/C(=O)O)cc(C(C)(C)CCCC)cc4O[C@@H]13)C2(C)C. The molecule has 0 aromatic heterocycles. The first kappa shape index (κ1) is 22.6. The van der Waals surface area contributed by atoms with Crippen LogP contribution in [0.3, 0.4) is 0 Å². The van der Waals surface area contributed by atoms with Crippen LogP contribution in [-0.2, 0) is 15.0 Å². The molecule has 172 valence electrons. The van der Waals surface area contributed by atoms with Crippen LogP contribution in [0.2, 0.25) is 0 Å². The molecule has 0 amide bonds. The van der Waals surface area contributed by atoms with Crippen molar-refractivity contribution in [3.8, 4) is 11.5 Å². The van der Waals surface area contributed by atoms with Crippen LogP contribution in [0.25, 0.3) is 0 Å². The van der Waals surface area contributed by atoms with Gasteiger partial charge in [0.15, 0.2) is 0 Å². The summed E-state index contributed by atoms with van der Waals surface area (Å²) in [5.41, 5.74) is 3.14. The van der Waals surface area contributed by atoms with E-state index < -0.39 is 11.9 Å². The molecule has 0 radical (unpaired) electrons. The zero-order chi connectivity index (χ0) is 23.4. The first-order valence-electron chi connectivity index (χ1n) is 11.6. The van der Waals surface area contributed by atoms with Gasteiger partial charge >= 0.3 is 11.9 Å². The first-order valence-corrected chi connectivity index (χ1v) is 11.6. The predicted octanol–water partition coefficient (Wildman–Crippen LogP) is 5.78. The lowest BCUT2D eigenvalue weighted by atomic mass is 9.43. The summed E-state index contributed by atoms with van der Waals surface area (Å²) in [6.07, 6.45) is 5.95. The second kappa shape index (κ2) is 7.79. The van der Waals surface area contributed by atoms with Crippen molar-refractivity contribution in [3.05, 3.63) is 47.6 Å². The van der Waals surface area contributed by atoms with Crippen LogP contribution in [0.15, 0.2) is 36.4 Å². The zero-order valence-corrected chi connectivity index (χ0v) is 19.7. The van der Waals surface area contributed by atoms with E-state index in [-0.39, 0.29) is 22.9 Å². The number of hydrogen-bond acceptors (Lipinski definition) is 4. The normalized spacial score (nSPS) is 27.3. The van der Waals surface area contributed by atoms with Crippen molar-refractivity contribution in [2.45, 2.75) is 77.7 Å². The van der Waals surface area contributed by atoms with Crippen LogP contribution in [0.5, 0.6) is 11.5 Å². The van der Waals surface area contributed by atoms with Crippen LogP contribution in [0.4, 0.5) is 0 Å². The highest BCUT2D eigenvalue weighted by Crippen LogP contribution is 2.69. The number of carboxylic acid groups (broad SMARTS) is 1. The van der Waals surface area contributed by atoms with Crippen molar-refractivity contribution < 1.29 is 24.2 Å². The molecule has 1 N–H and O–H groups in total. The molecule has 32 heavy (non-hydrogen) atoms. The summed E-state index contributed by atoms with van der Waals surface area (Å²) in [6, 6.07) is 4.08. The fourth-order valence-corrected chi connectivity index (χ4v) is 6.02. The third kappa shape index (κ3) is 3.56. The highest BCUT2D eigenvalue weighted by Gasteiger charge is 2.63. The topological polar surface area (TPSA) is 72.8 Å². The number of aliphatic carboxylic acids is 1. The van der Waals surface area contributed by atoms with Gasteiger partial charge in [0.2, 0.25) is 0 Å². The van der Waals surface area contributed by atoms with Gasteiger partial charge in [-0.15, -0.1) is 0 Å². The van der Waals surface area contributed by atoms with Gasteiger partial charge in [-0.3, -0.25) is 0 Å². The van der Waals surface area contributed by atoms with Gasteiger partial charge in [0.05, 0.1) is 0 Å². The van der Waals surface area contributed by atoms with Crippen molar-refractivity contribution >= 4 is 11.9 Å². The molecule has 1 aliphatic heterocycles. The fourth-order valence-electron chi connectivity index (χ4n) is 6.02. The molecule has 0 unspecified atom stereocenters. The van der Waals surface area contributed by atoms with Crippen molar-refractivity contribution in [1.29, 1.82) is 0 Å². The number of ether oxygens (including phenoxy) is 2. The molecule has 3 saturated carbocycles. The lowest BCUT2D eigenvalue weighted by molar-refractivity contribution is -0.133. The maximum atomic E-state index is 12.5. The number of carbonyl (C=O) groups is 2. The number of unbranched alkanes of at least 4 members (excludes halogenated alkanes) is 1. The minimum Gasteiger partial charge on any atom is -0.485 e. The molecule has 3 aliphatic carbocycles. The second-order valence-corrected chi connectivity index (χ2v) is 10.8. The van der Waals surface area contributed by atoms with E-state index in [1.54, 1.807) is 0 Å². The largest absolute Gasteiger partial charge is 0.485 e. The van der Waals surface area contributed by atoms with Gasteiger partial charge in [0.1, 0.15) is 17.6 Å². The monoisotopic (exact) mass is 438 g/mol. The molecule has 5 heteroatoms. The van der Waals surface area contributed by atoms with Crippen LogP contribution < -0.4 is 9.47 Å². The summed E-state index contributed by atoms with van der Waals surface area (Å²) in [4.78, 5) is 23.3. The molecule has 1 aromatic rings. The molecule has 3 fully saturated rings. The Bertz CT molecular complexity index is 1000. The summed E-state index contributed by atoms with van der Waals surface area (Å²) >= 11 is 0. The Morgan fingerprint density at radius 3 is 2.66 bits per heavy atom. The molecule has 0 saturated heterocycles. The number of carbonyl (C=O) groups excluding carboxylic acids is 1. The average molecular weight is 439 g/mol. The lowest BCUT2D eigenvalue weighted by Gasteiger charge is -2.61. The Labute approximate surface area is 190 Å². The molecule has 4 aliphatic rings. The Balaban J connectivity index is 1.78. The third-order valence-corrected chi connectivity index (χ3v) is 8.12. The smallest absolute Gasteiger partial charge is 0.336 e. The van der Waals surface area contributed by atoms with Gasteiger partial charge in [-0.1, -0.05) is 54.0 Å². The first-order chi connectivity index (χ1) is 15.0. The van der Waals surface area contributed by atoms with E-state index in [9.17, 15) is 9.59 Å². The summed E-state index contributed by atoms with van der Waals surface area (Å²) < 4.78 is 12.2. The molecular formula is C27H34O5. The molecule has 0 spiro atoms. The highest BCUT2D eigenvalue weighted by atomic mass is 16.5. The van der Waals surface area contributed by atoms with Gasteiger partial charge in [-0.2, -0.15) is 0 Å². The number of esters is 1. The standard InChI is InChI=1S/C27H34O5/c1-7-8-11-26(3,4)16-12-19(31-22(30)10-9-21(28)29)24-20(13-16)32-25-15(2)17-14-18(23(24)25)27(17,5)6/h9-10,12-13,17-18,23,25H,2,7-8,11,14H2,1,3-6H3,(H,28,29)/b10-9+/t17-,18+,23+,25+/m1/s1. The Hall–Kier alpha value is -2.56. The van der Waals surface area contributed by atoms with E-state index in [1.165, 1.54) is 0 Å². The van der Waals surface area contributed by atoms with Crippen LogP contribution in [-0.4, -0.2) is 23.1 Å². The zero-order valence-electron chi connectivity index (χ0n) is 19.7.